The summed E-state index contributed by atoms with van der Waals surface area (Å²) in [7, 11) is 0. The van der Waals surface area contributed by atoms with Gasteiger partial charge in [0.2, 0.25) is 0 Å². The number of amides is 1. The van der Waals surface area contributed by atoms with Gasteiger partial charge in [0.05, 0.1) is 6.04 Å². The molecule has 2 aliphatic heterocycles. The SMILES string of the molecule is CCn1nccc1C(=O)N1CCC(N2C[C@H](Oc3ccccc3)[C@@H]2c2ccncc2)CC1. The van der Waals surface area contributed by atoms with Crippen LogP contribution in [0.1, 0.15) is 41.9 Å². The molecule has 7 heteroatoms. The number of carbonyl (C=O) groups excluding carboxylic acids is 1. The van der Waals surface area contributed by atoms with E-state index in [-0.39, 0.29) is 18.1 Å². The van der Waals surface area contributed by atoms with Crippen LogP contribution >= 0.6 is 0 Å². The topological polar surface area (TPSA) is 63.5 Å². The number of ether oxygens (including phenoxy) is 1. The van der Waals surface area contributed by atoms with Crippen LogP contribution in [-0.4, -0.2) is 62.3 Å². The van der Waals surface area contributed by atoms with Gasteiger partial charge in [-0.1, -0.05) is 18.2 Å². The number of aryl methyl sites for hydroxylation is 1. The molecule has 2 fully saturated rings. The zero-order chi connectivity index (χ0) is 21.9. The molecule has 3 aromatic rings. The fourth-order valence-corrected chi connectivity index (χ4v) is 4.94. The average molecular weight is 432 g/mol. The summed E-state index contributed by atoms with van der Waals surface area (Å²) in [4.78, 5) is 21.7. The van der Waals surface area contributed by atoms with Crippen molar-refractivity contribution in [3.05, 3.63) is 78.4 Å². The Morgan fingerprint density at radius 2 is 1.78 bits per heavy atom. The summed E-state index contributed by atoms with van der Waals surface area (Å²) < 4.78 is 8.11. The van der Waals surface area contributed by atoms with Crippen LogP contribution in [0.4, 0.5) is 0 Å². The summed E-state index contributed by atoms with van der Waals surface area (Å²) in [5.74, 6) is 0.992. The number of hydrogen-bond acceptors (Lipinski definition) is 5. The Labute approximate surface area is 188 Å². The van der Waals surface area contributed by atoms with Crippen LogP contribution in [0.3, 0.4) is 0 Å². The molecule has 5 rings (SSSR count). The molecule has 0 radical (unpaired) electrons. The Bertz CT molecular complexity index is 1030. The molecule has 0 aliphatic carbocycles. The number of benzene rings is 1. The summed E-state index contributed by atoms with van der Waals surface area (Å²) in [6.45, 7) is 5.13. The highest BCUT2D eigenvalue weighted by molar-refractivity contribution is 5.92. The number of aromatic nitrogens is 3. The van der Waals surface area contributed by atoms with Crippen molar-refractivity contribution < 1.29 is 9.53 Å². The van der Waals surface area contributed by atoms with E-state index in [1.807, 2.05) is 60.6 Å². The van der Waals surface area contributed by atoms with Crippen LogP contribution < -0.4 is 4.74 Å². The Kier molecular flexibility index (Phi) is 5.90. The second-order valence-electron chi connectivity index (χ2n) is 8.45. The van der Waals surface area contributed by atoms with E-state index in [1.165, 1.54) is 5.56 Å². The number of para-hydroxylation sites is 1. The predicted octanol–water partition coefficient (Wildman–Crippen LogP) is 3.41. The second-order valence-corrected chi connectivity index (χ2v) is 8.45. The van der Waals surface area contributed by atoms with E-state index in [1.54, 1.807) is 10.9 Å². The van der Waals surface area contributed by atoms with Crippen molar-refractivity contribution in [1.82, 2.24) is 24.6 Å². The van der Waals surface area contributed by atoms with E-state index >= 15 is 0 Å². The number of rotatable bonds is 6. The lowest BCUT2D eigenvalue weighted by molar-refractivity contribution is -0.0843. The highest BCUT2D eigenvalue weighted by atomic mass is 16.5. The van der Waals surface area contributed by atoms with Crippen LogP contribution in [0, 0.1) is 0 Å². The molecular formula is C25H29N5O2. The third kappa shape index (κ3) is 4.00. The molecule has 0 bridgehead atoms. The standard InChI is InChI=1S/C25H29N5O2/c1-2-30-22(10-15-27-30)25(31)28-16-11-20(12-17-28)29-18-23(32-21-6-4-3-5-7-21)24(29)19-8-13-26-14-9-19/h3-10,13-15,20,23-24H,2,11-12,16-18H2,1H3/t23-,24-/m0/s1. The van der Waals surface area contributed by atoms with Crippen molar-refractivity contribution in [2.75, 3.05) is 19.6 Å². The highest BCUT2D eigenvalue weighted by Gasteiger charge is 2.46. The summed E-state index contributed by atoms with van der Waals surface area (Å²) in [5.41, 5.74) is 1.92. The van der Waals surface area contributed by atoms with Crippen molar-refractivity contribution >= 4 is 5.91 Å². The minimum Gasteiger partial charge on any atom is -0.487 e. The van der Waals surface area contributed by atoms with Gasteiger partial charge in [-0.25, -0.2) is 0 Å². The van der Waals surface area contributed by atoms with Crippen LogP contribution in [-0.2, 0) is 6.54 Å². The van der Waals surface area contributed by atoms with Gasteiger partial charge in [0.15, 0.2) is 0 Å². The Morgan fingerprint density at radius 1 is 1.03 bits per heavy atom. The van der Waals surface area contributed by atoms with Crippen LogP contribution in [0.25, 0.3) is 0 Å². The van der Waals surface area contributed by atoms with Crippen LogP contribution in [0.2, 0.25) is 0 Å². The second kappa shape index (κ2) is 9.12. The predicted molar refractivity (Wildman–Crippen MR) is 121 cm³/mol. The quantitative estimate of drug-likeness (QED) is 0.599. The normalized spacial score (nSPS) is 21.8. The molecule has 2 aromatic heterocycles. The average Bonchev–Trinajstić information content (AvgIpc) is 3.31. The molecule has 2 atom stereocenters. The van der Waals surface area contributed by atoms with Gasteiger partial charge in [0.25, 0.3) is 5.91 Å². The maximum absolute atomic E-state index is 13.0. The monoisotopic (exact) mass is 431 g/mol. The Morgan fingerprint density at radius 3 is 2.50 bits per heavy atom. The smallest absolute Gasteiger partial charge is 0.272 e. The number of carbonyl (C=O) groups is 1. The van der Waals surface area contributed by atoms with Crippen molar-refractivity contribution in [3.8, 4) is 5.75 Å². The highest BCUT2D eigenvalue weighted by Crippen LogP contribution is 2.40. The lowest BCUT2D eigenvalue weighted by Crippen LogP contribution is -2.61. The fourth-order valence-electron chi connectivity index (χ4n) is 4.94. The van der Waals surface area contributed by atoms with Crippen molar-refractivity contribution in [3.63, 3.8) is 0 Å². The number of nitrogens with zero attached hydrogens (tertiary/aromatic N) is 5. The Hall–Kier alpha value is -3.19. The Balaban J connectivity index is 1.26. The molecule has 166 valence electrons. The molecule has 7 nitrogen and oxygen atoms in total. The third-order valence-electron chi connectivity index (χ3n) is 6.63. The first kappa shape index (κ1) is 20.7. The molecule has 1 aromatic carbocycles. The molecule has 0 N–H and O–H groups in total. The van der Waals surface area contributed by atoms with E-state index < -0.39 is 0 Å². The minimum atomic E-state index is 0.0855. The van der Waals surface area contributed by atoms with Gasteiger partial charge >= 0.3 is 0 Å². The molecule has 1 amide bonds. The molecule has 0 spiro atoms. The molecular weight excluding hydrogens is 402 g/mol. The first-order chi connectivity index (χ1) is 15.7. The molecule has 4 heterocycles. The molecule has 0 unspecified atom stereocenters. The summed E-state index contributed by atoms with van der Waals surface area (Å²) in [6, 6.07) is 16.7. The van der Waals surface area contributed by atoms with Crippen molar-refractivity contribution in [2.24, 2.45) is 0 Å². The summed E-state index contributed by atoms with van der Waals surface area (Å²) in [6.07, 6.45) is 7.44. The van der Waals surface area contributed by atoms with E-state index in [4.69, 9.17) is 4.74 Å². The third-order valence-corrected chi connectivity index (χ3v) is 6.63. The molecule has 0 saturated carbocycles. The van der Waals surface area contributed by atoms with E-state index in [0.29, 0.717) is 18.3 Å². The first-order valence-electron chi connectivity index (χ1n) is 11.4. The van der Waals surface area contributed by atoms with Gasteiger partial charge in [-0.2, -0.15) is 5.10 Å². The van der Waals surface area contributed by atoms with Gasteiger partial charge < -0.3 is 9.64 Å². The van der Waals surface area contributed by atoms with Gasteiger partial charge in [-0.15, -0.1) is 0 Å². The summed E-state index contributed by atoms with van der Waals surface area (Å²) in [5, 5.41) is 4.24. The lowest BCUT2D eigenvalue weighted by atomic mass is 9.87. The summed E-state index contributed by atoms with van der Waals surface area (Å²) >= 11 is 0. The van der Waals surface area contributed by atoms with Crippen molar-refractivity contribution in [1.29, 1.82) is 0 Å². The van der Waals surface area contributed by atoms with Gasteiger partial charge in [-0.3, -0.25) is 19.4 Å². The molecule has 2 aliphatic rings. The number of piperidine rings is 1. The zero-order valence-corrected chi connectivity index (χ0v) is 18.4. The van der Waals surface area contributed by atoms with Gasteiger partial charge in [0.1, 0.15) is 17.5 Å². The van der Waals surface area contributed by atoms with Crippen LogP contribution in [0.5, 0.6) is 5.75 Å². The lowest BCUT2D eigenvalue weighted by Gasteiger charge is -2.53. The number of hydrogen-bond donors (Lipinski definition) is 0. The number of pyridine rings is 1. The van der Waals surface area contributed by atoms with Crippen molar-refractivity contribution in [2.45, 2.75) is 44.5 Å². The van der Waals surface area contributed by atoms with Gasteiger partial charge in [-0.05, 0) is 55.7 Å². The minimum absolute atomic E-state index is 0.0855. The fraction of sp³-hybridized carbons (Fsp3) is 0.400. The number of likely N-dealkylation sites (tertiary alicyclic amines) is 2. The molecule has 32 heavy (non-hydrogen) atoms. The van der Waals surface area contributed by atoms with E-state index in [9.17, 15) is 4.79 Å². The van der Waals surface area contributed by atoms with E-state index in [2.05, 4.69) is 27.1 Å². The van der Waals surface area contributed by atoms with Crippen LogP contribution in [0.15, 0.2) is 67.1 Å². The molecule has 2 saturated heterocycles. The zero-order valence-electron chi connectivity index (χ0n) is 18.4. The largest absolute Gasteiger partial charge is 0.487 e. The maximum Gasteiger partial charge on any atom is 0.272 e. The first-order valence-corrected chi connectivity index (χ1v) is 11.4. The van der Waals surface area contributed by atoms with E-state index in [0.717, 1.165) is 38.2 Å². The maximum atomic E-state index is 13.0. The van der Waals surface area contributed by atoms with Gasteiger partial charge in [0, 0.05) is 50.8 Å².